The van der Waals surface area contributed by atoms with Gasteiger partial charge in [0.05, 0.1) is 10.6 Å². The predicted octanol–water partition coefficient (Wildman–Crippen LogP) is 2.50. The number of hydrogen-bond acceptors (Lipinski definition) is 6. The van der Waals surface area contributed by atoms with Crippen LogP contribution in [0.2, 0.25) is 0 Å². The maximum absolute atomic E-state index is 12.7. The Labute approximate surface area is 151 Å². The molecular weight excluding hydrogens is 356 g/mol. The normalized spacial score (nSPS) is 11.8. The van der Waals surface area contributed by atoms with Gasteiger partial charge >= 0.3 is 5.97 Å². The molecular formula is C18H18N2O5S. The number of rotatable bonds is 6. The summed E-state index contributed by atoms with van der Waals surface area (Å²) >= 11 is 0. The van der Waals surface area contributed by atoms with Crippen molar-refractivity contribution in [3.8, 4) is 0 Å². The molecule has 3 aromatic rings. The van der Waals surface area contributed by atoms with E-state index in [1.807, 2.05) is 24.3 Å². The highest BCUT2D eigenvalue weighted by Gasteiger charge is 2.24. The van der Waals surface area contributed by atoms with E-state index in [1.165, 1.54) is 13.1 Å². The lowest BCUT2D eigenvalue weighted by Gasteiger charge is -2.16. The molecule has 0 spiro atoms. The number of aryl methyl sites for hydroxylation is 1. The second-order valence-corrected chi connectivity index (χ2v) is 7.91. The molecule has 0 unspecified atom stereocenters. The predicted molar refractivity (Wildman–Crippen MR) is 94.8 cm³/mol. The van der Waals surface area contributed by atoms with E-state index in [-0.39, 0.29) is 11.5 Å². The number of esters is 1. The van der Waals surface area contributed by atoms with Crippen LogP contribution in [0, 0.1) is 6.92 Å². The standard InChI is InChI=1S/C18H18N2O5S/c1-13-9-16(25-19-13)12-24-18(21)11-20(2)26(22,23)17-8-7-14-5-3-4-6-15(14)10-17/h3-10H,11-12H2,1-2H3. The number of ether oxygens (including phenoxy) is 1. The highest BCUT2D eigenvalue weighted by molar-refractivity contribution is 7.89. The van der Waals surface area contributed by atoms with Crippen LogP contribution in [0.15, 0.2) is 57.9 Å². The minimum atomic E-state index is -3.81. The third kappa shape index (κ3) is 3.92. The van der Waals surface area contributed by atoms with Crippen LogP contribution in [0.4, 0.5) is 0 Å². The van der Waals surface area contributed by atoms with E-state index in [0.29, 0.717) is 11.5 Å². The molecule has 7 nitrogen and oxygen atoms in total. The van der Waals surface area contributed by atoms with Crippen LogP contribution in [-0.4, -0.2) is 37.4 Å². The Hall–Kier alpha value is -2.71. The molecule has 136 valence electrons. The van der Waals surface area contributed by atoms with Gasteiger partial charge in [0.2, 0.25) is 10.0 Å². The van der Waals surface area contributed by atoms with Gasteiger partial charge in [-0.25, -0.2) is 8.42 Å². The van der Waals surface area contributed by atoms with Gasteiger partial charge in [0.25, 0.3) is 0 Å². The summed E-state index contributed by atoms with van der Waals surface area (Å²) in [4.78, 5) is 12.1. The summed E-state index contributed by atoms with van der Waals surface area (Å²) in [6, 6.07) is 13.9. The molecule has 0 saturated heterocycles. The van der Waals surface area contributed by atoms with E-state index in [4.69, 9.17) is 9.26 Å². The number of sulfonamides is 1. The number of likely N-dealkylation sites (N-methyl/N-ethyl adjacent to an activating group) is 1. The molecule has 0 aliphatic carbocycles. The van der Waals surface area contributed by atoms with Crippen molar-refractivity contribution in [2.45, 2.75) is 18.4 Å². The maximum atomic E-state index is 12.7. The van der Waals surface area contributed by atoms with Crippen molar-refractivity contribution in [3.63, 3.8) is 0 Å². The van der Waals surface area contributed by atoms with Crippen LogP contribution in [0.25, 0.3) is 10.8 Å². The summed E-state index contributed by atoms with van der Waals surface area (Å²) in [6.45, 7) is 1.25. The fraction of sp³-hybridized carbons (Fsp3) is 0.222. The molecule has 3 rings (SSSR count). The van der Waals surface area contributed by atoms with Gasteiger partial charge in [-0.15, -0.1) is 0 Å². The van der Waals surface area contributed by atoms with Crippen molar-refractivity contribution in [1.29, 1.82) is 0 Å². The monoisotopic (exact) mass is 374 g/mol. The molecule has 0 bridgehead atoms. The van der Waals surface area contributed by atoms with Crippen LogP contribution in [0.3, 0.4) is 0 Å². The topological polar surface area (TPSA) is 89.7 Å². The third-order valence-electron chi connectivity index (χ3n) is 3.83. The lowest BCUT2D eigenvalue weighted by atomic mass is 10.1. The Morgan fingerprint density at radius 2 is 1.88 bits per heavy atom. The van der Waals surface area contributed by atoms with Crippen molar-refractivity contribution >= 4 is 26.8 Å². The first-order chi connectivity index (χ1) is 12.4. The first kappa shape index (κ1) is 18.1. The van der Waals surface area contributed by atoms with Gasteiger partial charge in [-0.2, -0.15) is 4.31 Å². The summed E-state index contributed by atoms with van der Waals surface area (Å²) in [5, 5.41) is 5.44. The summed E-state index contributed by atoms with van der Waals surface area (Å²) in [7, 11) is -2.47. The Bertz CT molecular complexity index is 1040. The SMILES string of the molecule is Cc1cc(COC(=O)CN(C)S(=O)(=O)c2ccc3ccccc3c2)on1. The lowest BCUT2D eigenvalue weighted by molar-refractivity contribution is -0.145. The molecule has 8 heteroatoms. The van der Waals surface area contributed by atoms with E-state index in [0.717, 1.165) is 15.1 Å². The van der Waals surface area contributed by atoms with Crippen molar-refractivity contribution in [3.05, 3.63) is 60.0 Å². The molecule has 0 atom stereocenters. The molecule has 0 saturated carbocycles. The van der Waals surface area contributed by atoms with Gasteiger partial charge in [-0.05, 0) is 29.8 Å². The Morgan fingerprint density at radius 3 is 2.58 bits per heavy atom. The number of hydrogen-bond donors (Lipinski definition) is 0. The van der Waals surface area contributed by atoms with Gasteiger partial charge in [0.15, 0.2) is 12.4 Å². The number of carbonyl (C=O) groups is 1. The first-order valence-electron chi connectivity index (χ1n) is 7.89. The van der Waals surface area contributed by atoms with Crippen molar-refractivity contribution < 1.29 is 22.5 Å². The van der Waals surface area contributed by atoms with E-state index >= 15 is 0 Å². The van der Waals surface area contributed by atoms with E-state index in [1.54, 1.807) is 25.1 Å². The number of benzene rings is 2. The molecule has 1 aromatic heterocycles. The van der Waals surface area contributed by atoms with Crippen LogP contribution >= 0.6 is 0 Å². The molecule has 26 heavy (non-hydrogen) atoms. The maximum Gasteiger partial charge on any atom is 0.321 e. The smallest absolute Gasteiger partial charge is 0.321 e. The van der Waals surface area contributed by atoms with Crippen molar-refractivity contribution in [2.24, 2.45) is 0 Å². The quantitative estimate of drug-likeness (QED) is 0.616. The fourth-order valence-corrected chi connectivity index (χ4v) is 3.61. The zero-order chi connectivity index (χ0) is 18.7. The van der Waals surface area contributed by atoms with Crippen LogP contribution < -0.4 is 0 Å². The molecule has 0 aliphatic rings. The molecule has 0 fully saturated rings. The molecule has 0 amide bonds. The minimum absolute atomic E-state index is 0.0937. The number of nitrogens with zero attached hydrogens (tertiary/aromatic N) is 2. The minimum Gasteiger partial charge on any atom is -0.456 e. The average Bonchev–Trinajstić information content (AvgIpc) is 3.04. The number of carbonyl (C=O) groups excluding carboxylic acids is 1. The fourth-order valence-electron chi connectivity index (χ4n) is 2.46. The molecule has 0 N–H and O–H groups in total. The molecule has 2 aromatic carbocycles. The molecule has 1 heterocycles. The van der Waals surface area contributed by atoms with E-state index in [9.17, 15) is 13.2 Å². The van der Waals surface area contributed by atoms with E-state index < -0.39 is 22.5 Å². The summed E-state index contributed by atoms with van der Waals surface area (Å²) in [5.74, 6) is -0.276. The first-order valence-corrected chi connectivity index (χ1v) is 9.33. The number of fused-ring (bicyclic) bond motifs is 1. The highest BCUT2D eigenvalue weighted by atomic mass is 32.2. The van der Waals surface area contributed by atoms with Gasteiger partial charge in [0, 0.05) is 13.1 Å². The van der Waals surface area contributed by atoms with Gasteiger partial charge < -0.3 is 9.26 Å². The summed E-state index contributed by atoms with van der Waals surface area (Å²) in [6.07, 6.45) is 0. The number of aromatic nitrogens is 1. The Balaban J connectivity index is 1.68. The summed E-state index contributed by atoms with van der Waals surface area (Å²) < 4.78 is 36.3. The van der Waals surface area contributed by atoms with Gasteiger partial charge in [-0.1, -0.05) is 35.5 Å². The van der Waals surface area contributed by atoms with Crippen molar-refractivity contribution in [1.82, 2.24) is 9.46 Å². The lowest BCUT2D eigenvalue weighted by Crippen LogP contribution is -2.33. The second kappa shape index (κ2) is 7.27. The molecule has 0 aliphatic heterocycles. The van der Waals surface area contributed by atoms with Crippen LogP contribution in [-0.2, 0) is 26.2 Å². The highest BCUT2D eigenvalue weighted by Crippen LogP contribution is 2.21. The van der Waals surface area contributed by atoms with Crippen LogP contribution in [0.1, 0.15) is 11.5 Å². The van der Waals surface area contributed by atoms with Gasteiger partial charge in [0.1, 0.15) is 6.54 Å². The van der Waals surface area contributed by atoms with E-state index in [2.05, 4.69) is 5.16 Å². The molecule has 0 radical (unpaired) electrons. The second-order valence-electron chi connectivity index (χ2n) is 5.87. The average molecular weight is 374 g/mol. The third-order valence-corrected chi connectivity index (χ3v) is 5.63. The Kier molecular flexibility index (Phi) is 5.06. The van der Waals surface area contributed by atoms with Crippen LogP contribution in [0.5, 0.6) is 0 Å². The van der Waals surface area contributed by atoms with Crippen molar-refractivity contribution in [2.75, 3.05) is 13.6 Å². The largest absolute Gasteiger partial charge is 0.456 e. The summed E-state index contributed by atoms with van der Waals surface area (Å²) in [5.41, 5.74) is 0.673. The zero-order valence-electron chi connectivity index (χ0n) is 14.4. The van der Waals surface area contributed by atoms with Gasteiger partial charge in [-0.3, -0.25) is 4.79 Å². The Morgan fingerprint density at radius 1 is 1.15 bits per heavy atom. The zero-order valence-corrected chi connectivity index (χ0v) is 15.2.